The van der Waals surface area contributed by atoms with Crippen LogP contribution < -0.4 is 11.2 Å². The van der Waals surface area contributed by atoms with Crippen molar-refractivity contribution in [2.45, 2.75) is 39.2 Å². The van der Waals surface area contributed by atoms with Crippen LogP contribution in [0, 0.1) is 12.8 Å². The molecule has 3 heterocycles. The fourth-order valence-corrected chi connectivity index (χ4v) is 6.98. The van der Waals surface area contributed by atoms with Crippen molar-refractivity contribution < 1.29 is 0 Å². The van der Waals surface area contributed by atoms with Gasteiger partial charge in [0.2, 0.25) is 0 Å². The number of benzene rings is 2. The van der Waals surface area contributed by atoms with E-state index >= 15 is 0 Å². The predicted octanol–water partition coefficient (Wildman–Crippen LogP) is 6.58. The van der Waals surface area contributed by atoms with Crippen LogP contribution in [0.5, 0.6) is 0 Å². The lowest BCUT2D eigenvalue weighted by Gasteiger charge is -2.16. The summed E-state index contributed by atoms with van der Waals surface area (Å²) in [6, 6.07) is 15.4. The van der Waals surface area contributed by atoms with Crippen molar-refractivity contribution in [1.82, 2.24) is 14.1 Å². The van der Waals surface area contributed by atoms with Crippen molar-refractivity contribution in [3.05, 3.63) is 92.3 Å². The minimum absolute atomic E-state index is 0.306. The lowest BCUT2D eigenvalue weighted by Crippen LogP contribution is -2.39. The van der Waals surface area contributed by atoms with E-state index in [4.69, 9.17) is 11.6 Å². The third kappa shape index (κ3) is 3.63. The van der Waals surface area contributed by atoms with Crippen molar-refractivity contribution >= 4 is 43.9 Å². The number of thiophene rings is 1. The highest BCUT2D eigenvalue weighted by Gasteiger charge is 2.25. The Morgan fingerprint density at radius 2 is 1.77 bits per heavy atom. The second kappa shape index (κ2) is 8.77. The van der Waals surface area contributed by atoms with Gasteiger partial charge in [0.05, 0.1) is 17.3 Å². The number of hydrogen-bond donors (Lipinski definition) is 0. The number of aromatic nitrogens is 3. The van der Waals surface area contributed by atoms with Crippen molar-refractivity contribution in [3.63, 3.8) is 0 Å². The number of aryl methyl sites for hydroxylation is 1. The van der Waals surface area contributed by atoms with Gasteiger partial charge >= 0.3 is 5.69 Å². The van der Waals surface area contributed by atoms with Crippen LogP contribution in [0.1, 0.15) is 31.2 Å². The first-order chi connectivity index (χ1) is 17.0. The first-order valence-electron chi connectivity index (χ1n) is 11.9. The summed E-state index contributed by atoms with van der Waals surface area (Å²) in [5, 5.41) is 2.92. The molecule has 0 bridgehead atoms. The molecule has 176 valence electrons. The van der Waals surface area contributed by atoms with Gasteiger partial charge in [0.1, 0.15) is 4.83 Å². The Labute approximate surface area is 211 Å². The zero-order chi connectivity index (χ0) is 24.1. The zero-order valence-electron chi connectivity index (χ0n) is 19.3. The largest absolute Gasteiger partial charge is 0.336 e. The quantitative estimate of drug-likeness (QED) is 0.279. The van der Waals surface area contributed by atoms with Gasteiger partial charge < -0.3 is 0 Å². The normalized spacial score (nSPS) is 14.3. The van der Waals surface area contributed by atoms with Gasteiger partial charge in [-0.1, -0.05) is 66.9 Å². The fraction of sp³-hybridized carbons (Fsp3) is 0.250. The molecule has 1 aliphatic carbocycles. The van der Waals surface area contributed by atoms with Crippen LogP contribution >= 0.6 is 22.9 Å². The average molecular weight is 502 g/mol. The average Bonchev–Trinajstić information content (AvgIpc) is 3.50. The molecule has 35 heavy (non-hydrogen) atoms. The Bertz CT molecular complexity index is 1700. The summed E-state index contributed by atoms with van der Waals surface area (Å²) in [4.78, 5) is 34.1. The number of fused-ring (bicyclic) bond motifs is 2. The lowest BCUT2D eigenvalue weighted by atomic mass is 10.1. The minimum atomic E-state index is -0.308. The van der Waals surface area contributed by atoms with Crippen LogP contribution in [0.15, 0.2) is 70.5 Å². The van der Waals surface area contributed by atoms with Crippen molar-refractivity contribution in [1.29, 1.82) is 0 Å². The third-order valence-corrected chi connectivity index (χ3v) is 8.81. The van der Waals surface area contributed by atoms with Gasteiger partial charge in [-0.05, 0) is 37.3 Å². The van der Waals surface area contributed by atoms with E-state index in [-0.39, 0.29) is 11.2 Å². The second-order valence-corrected chi connectivity index (χ2v) is 10.7. The van der Waals surface area contributed by atoms with E-state index in [9.17, 15) is 9.59 Å². The number of pyridine rings is 1. The van der Waals surface area contributed by atoms with E-state index in [1.807, 2.05) is 60.0 Å². The SMILES string of the molecule is Cc1c(-c2ccccc2Cl)sc2c1c(=O)n(-c1cncc3ccccc13)c(=O)n2CC1CCCC1. The van der Waals surface area contributed by atoms with Crippen LogP contribution in [0.4, 0.5) is 0 Å². The molecule has 5 aromatic rings. The smallest absolute Gasteiger partial charge is 0.284 e. The standard InChI is InChI=1S/C28H24ClN3O2S/c1-17-24-26(33)32(23-15-30-14-19-10-4-5-11-20(19)23)28(34)31(16-18-8-2-3-9-18)27(24)35-25(17)21-12-6-7-13-22(21)29/h4-7,10-15,18H,2-3,8-9,16H2,1H3. The Morgan fingerprint density at radius 3 is 2.57 bits per heavy atom. The highest BCUT2D eigenvalue weighted by Crippen LogP contribution is 2.40. The Kier molecular flexibility index (Phi) is 5.58. The van der Waals surface area contributed by atoms with Gasteiger partial charge in [-0.3, -0.25) is 14.3 Å². The molecule has 0 spiro atoms. The molecule has 0 atom stereocenters. The van der Waals surface area contributed by atoms with E-state index in [1.165, 1.54) is 28.7 Å². The second-order valence-electron chi connectivity index (χ2n) is 9.28. The molecular weight excluding hydrogens is 478 g/mol. The molecule has 5 nitrogen and oxygen atoms in total. The van der Waals surface area contributed by atoms with Crippen molar-refractivity contribution in [2.24, 2.45) is 5.92 Å². The summed E-state index contributed by atoms with van der Waals surface area (Å²) < 4.78 is 3.15. The van der Waals surface area contributed by atoms with Gasteiger partial charge in [-0.25, -0.2) is 9.36 Å². The first-order valence-corrected chi connectivity index (χ1v) is 13.1. The molecule has 2 aromatic carbocycles. The molecule has 0 N–H and O–H groups in total. The van der Waals surface area contributed by atoms with E-state index in [0.717, 1.165) is 44.4 Å². The number of rotatable bonds is 4. The van der Waals surface area contributed by atoms with E-state index in [0.29, 0.717) is 28.6 Å². The summed E-state index contributed by atoms with van der Waals surface area (Å²) in [6.45, 7) is 2.56. The van der Waals surface area contributed by atoms with Gasteiger partial charge in [-0.15, -0.1) is 11.3 Å². The predicted molar refractivity (Wildman–Crippen MR) is 144 cm³/mol. The monoisotopic (exact) mass is 501 g/mol. The van der Waals surface area contributed by atoms with E-state index in [2.05, 4.69) is 4.98 Å². The maximum atomic E-state index is 14.0. The fourth-order valence-electron chi connectivity index (χ4n) is 5.35. The number of hydrogen-bond acceptors (Lipinski definition) is 4. The summed E-state index contributed by atoms with van der Waals surface area (Å²) in [5.41, 5.74) is 1.64. The van der Waals surface area contributed by atoms with Crippen LogP contribution in [-0.4, -0.2) is 14.1 Å². The molecule has 0 radical (unpaired) electrons. The zero-order valence-corrected chi connectivity index (χ0v) is 20.9. The van der Waals surface area contributed by atoms with Crippen LogP contribution in [0.3, 0.4) is 0 Å². The summed E-state index contributed by atoms with van der Waals surface area (Å²) in [5.74, 6) is 0.429. The molecule has 7 heteroatoms. The topological polar surface area (TPSA) is 56.9 Å². The van der Waals surface area contributed by atoms with E-state index in [1.54, 1.807) is 12.4 Å². The van der Waals surface area contributed by atoms with Crippen LogP contribution in [0.25, 0.3) is 37.1 Å². The maximum Gasteiger partial charge on any atom is 0.336 e. The lowest BCUT2D eigenvalue weighted by molar-refractivity contribution is 0.450. The van der Waals surface area contributed by atoms with Gasteiger partial charge in [-0.2, -0.15) is 0 Å². The Hall–Kier alpha value is -3.22. The van der Waals surface area contributed by atoms with Crippen LogP contribution in [-0.2, 0) is 6.54 Å². The molecule has 3 aromatic heterocycles. The Morgan fingerprint density at radius 1 is 1.03 bits per heavy atom. The molecule has 0 amide bonds. The highest BCUT2D eigenvalue weighted by molar-refractivity contribution is 7.22. The van der Waals surface area contributed by atoms with Gasteiger partial charge in [0.25, 0.3) is 5.56 Å². The maximum absolute atomic E-state index is 14.0. The van der Waals surface area contributed by atoms with Crippen molar-refractivity contribution in [3.8, 4) is 16.1 Å². The van der Waals surface area contributed by atoms with E-state index < -0.39 is 0 Å². The molecule has 1 fully saturated rings. The molecule has 1 saturated carbocycles. The number of nitrogens with zero attached hydrogens (tertiary/aromatic N) is 3. The highest BCUT2D eigenvalue weighted by atomic mass is 35.5. The Balaban J connectivity index is 1.71. The first kappa shape index (κ1) is 22.3. The minimum Gasteiger partial charge on any atom is -0.284 e. The molecular formula is C28H24ClN3O2S. The molecule has 6 rings (SSSR count). The summed E-state index contributed by atoms with van der Waals surface area (Å²) >= 11 is 8.03. The number of halogens is 1. The molecule has 0 saturated heterocycles. The van der Waals surface area contributed by atoms with Gasteiger partial charge in [0, 0.05) is 39.0 Å². The van der Waals surface area contributed by atoms with Crippen LogP contribution in [0.2, 0.25) is 5.02 Å². The third-order valence-electron chi connectivity index (χ3n) is 7.13. The summed E-state index contributed by atoms with van der Waals surface area (Å²) in [7, 11) is 0. The van der Waals surface area contributed by atoms with Crippen molar-refractivity contribution in [2.75, 3.05) is 0 Å². The molecule has 1 aliphatic rings. The summed E-state index contributed by atoms with van der Waals surface area (Å²) in [6.07, 6.45) is 7.95. The molecule has 0 unspecified atom stereocenters. The van der Waals surface area contributed by atoms with Gasteiger partial charge in [0.15, 0.2) is 0 Å². The molecule has 0 aliphatic heterocycles.